The Hall–Kier alpha value is -2.10. The second-order valence-corrected chi connectivity index (χ2v) is 4.24. The van der Waals surface area contributed by atoms with Gasteiger partial charge in [0.1, 0.15) is 11.1 Å². The molecule has 4 nitrogen and oxygen atoms in total. The van der Waals surface area contributed by atoms with Gasteiger partial charge in [-0.05, 0) is 31.0 Å². The Kier molecular flexibility index (Phi) is 3.46. The average Bonchev–Trinajstić information content (AvgIpc) is 2.35. The lowest BCUT2D eigenvalue weighted by Crippen LogP contribution is -2.28. The number of nitrogens with one attached hydrogen (secondary N) is 1. The summed E-state index contributed by atoms with van der Waals surface area (Å²) in [4.78, 5) is 23.5. The number of rotatable bonds is 3. The summed E-state index contributed by atoms with van der Waals surface area (Å²) >= 11 is 0. The smallest absolute Gasteiger partial charge is 0.349 e. The number of benzene rings is 1. The van der Waals surface area contributed by atoms with Gasteiger partial charge in [-0.1, -0.05) is 19.1 Å². The number of amides is 1. The van der Waals surface area contributed by atoms with Crippen LogP contribution in [0.15, 0.2) is 33.5 Å². The molecule has 4 heteroatoms. The molecule has 0 aliphatic rings. The molecule has 0 radical (unpaired) electrons. The summed E-state index contributed by atoms with van der Waals surface area (Å²) in [6, 6.07) is 7.11. The molecular weight excluding hydrogens is 230 g/mol. The summed E-state index contributed by atoms with van der Waals surface area (Å²) < 4.78 is 5.16. The molecule has 0 atom stereocenters. The van der Waals surface area contributed by atoms with E-state index in [1.807, 2.05) is 26.0 Å². The molecule has 1 aromatic carbocycles. The van der Waals surface area contributed by atoms with Crippen LogP contribution in [0.3, 0.4) is 0 Å². The number of hydrogen-bond acceptors (Lipinski definition) is 3. The van der Waals surface area contributed by atoms with Crippen LogP contribution in [0, 0.1) is 6.92 Å². The lowest BCUT2D eigenvalue weighted by Gasteiger charge is -2.04. The molecule has 2 aromatic rings. The van der Waals surface area contributed by atoms with Gasteiger partial charge in [-0.15, -0.1) is 0 Å². The van der Waals surface area contributed by atoms with Crippen LogP contribution in [0.25, 0.3) is 11.0 Å². The van der Waals surface area contributed by atoms with Gasteiger partial charge in [0.15, 0.2) is 0 Å². The van der Waals surface area contributed by atoms with Gasteiger partial charge in [0.25, 0.3) is 5.91 Å². The van der Waals surface area contributed by atoms with Gasteiger partial charge in [-0.2, -0.15) is 0 Å². The first-order chi connectivity index (χ1) is 8.61. The second-order valence-electron chi connectivity index (χ2n) is 4.24. The van der Waals surface area contributed by atoms with Crippen molar-refractivity contribution >= 4 is 16.9 Å². The van der Waals surface area contributed by atoms with Gasteiger partial charge in [0.05, 0.1) is 0 Å². The molecule has 1 amide bonds. The molecular formula is C14H15NO3. The van der Waals surface area contributed by atoms with Crippen molar-refractivity contribution < 1.29 is 9.21 Å². The van der Waals surface area contributed by atoms with Gasteiger partial charge in [-0.3, -0.25) is 4.79 Å². The minimum absolute atomic E-state index is 0.0554. The molecule has 18 heavy (non-hydrogen) atoms. The van der Waals surface area contributed by atoms with Gasteiger partial charge in [-0.25, -0.2) is 4.79 Å². The van der Waals surface area contributed by atoms with E-state index in [4.69, 9.17) is 4.42 Å². The summed E-state index contributed by atoms with van der Waals surface area (Å²) in [6.45, 7) is 4.41. The van der Waals surface area contributed by atoms with Crippen LogP contribution in [-0.2, 0) is 0 Å². The molecule has 1 aromatic heterocycles. The third kappa shape index (κ3) is 2.42. The molecule has 0 spiro atoms. The molecule has 0 unspecified atom stereocenters. The Morgan fingerprint density at radius 3 is 2.83 bits per heavy atom. The zero-order valence-electron chi connectivity index (χ0n) is 10.4. The van der Waals surface area contributed by atoms with E-state index in [1.165, 1.54) is 0 Å². The number of carbonyl (C=O) groups excluding carboxylic acids is 1. The van der Waals surface area contributed by atoms with Crippen molar-refractivity contribution in [2.75, 3.05) is 6.54 Å². The van der Waals surface area contributed by atoms with Crippen molar-refractivity contribution in [2.45, 2.75) is 20.3 Å². The molecule has 1 heterocycles. The van der Waals surface area contributed by atoms with Crippen molar-refractivity contribution in [3.8, 4) is 0 Å². The monoisotopic (exact) mass is 245 g/mol. The van der Waals surface area contributed by atoms with Crippen LogP contribution in [0.2, 0.25) is 0 Å². The van der Waals surface area contributed by atoms with E-state index in [2.05, 4.69) is 5.32 Å². The predicted octanol–water partition coefficient (Wildman–Crippen LogP) is 2.24. The van der Waals surface area contributed by atoms with Crippen LogP contribution >= 0.6 is 0 Å². The van der Waals surface area contributed by atoms with E-state index in [1.54, 1.807) is 12.1 Å². The third-order valence-electron chi connectivity index (χ3n) is 2.67. The van der Waals surface area contributed by atoms with E-state index in [-0.39, 0.29) is 11.5 Å². The maximum Gasteiger partial charge on any atom is 0.349 e. The Morgan fingerprint density at radius 1 is 1.33 bits per heavy atom. The first kappa shape index (κ1) is 12.4. The van der Waals surface area contributed by atoms with E-state index in [0.29, 0.717) is 12.1 Å². The van der Waals surface area contributed by atoms with Gasteiger partial charge >= 0.3 is 5.63 Å². The highest BCUT2D eigenvalue weighted by Crippen LogP contribution is 2.15. The van der Waals surface area contributed by atoms with Crippen LogP contribution in [0.5, 0.6) is 0 Å². The average molecular weight is 245 g/mol. The summed E-state index contributed by atoms with van der Waals surface area (Å²) in [7, 11) is 0. The summed E-state index contributed by atoms with van der Waals surface area (Å²) in [5.41, 5.74) is 0.974. The molecule has 0 saturated carbocycles. The number of fused-ring (bicyclic) bond motifs is 1. The second kappa shape index (κ2) is 5.04. The van der Waals surface area contributed by atoms with Crippen LogP contribution in [-0.4, -0.2) is 12.5 Å². The third-order valence-corrected chi connectivity index (χ3v) is 2.67. The maximum absolute atomic E-state index is 11.8. The summed E-state index contributed by atoms with van der Waals surface area (Å²) in [5.74, 6) is -0.381. The molecule has 0 bridgehead atoms. The normalized spacial score (nSPS) is 10.6. The Morgan fingerprint density at radius 2 is 2.11 bits per heavy atom. The number of carbonyl (C=O) groups is 1. The first-order valence-corrected chi connectivity index (χ1v) is 5.94. The number of aryl methyl sites for hydroxylation is 1. The zero-order valence-corrected chi connectivity index (χ0v) is 10.4. The van der Waals surface area contributed by atoms with Crippen molar-refractivity contribution in [3.05, 3.63) is 45.8 Å². The first-order valence-electron chi connectivity index (χ1n) is 5.94. The molecule has 0 aliphatic heterocycles. The molecule has 0 saturated heterocycles. The highest BCUT2D eigenvalue weighted by Gasteiger charge is 2.12. The lowest BCUT2D eigenvalue weighted by atomic mass is 10.1. The molecule has 0 aliphatic carbocycles. The van der Waals surface area contributed by atoms with E-state index in [9.17, 15) is 9.59 Å². The molecule has 0 fully saturated rings. The van der Waals surface area contributed by atoms with E-state index >= 15 is 0 Å². The minimum atomic E-state index is -0.596. The molecule has 1 N–H and O–H groups in total. The molecule has 2 rings (SSSR count). The fraction of sp³-hybridized carbons (Fsp3) is 0.286. The zero-order chi connectivity index (χ0) is 13.1. The minimum Gasteiger partial charge on any atom is -0.422 e. The fourth-order valence-corrected chi connectivity index (χ4v) is 1.71. The van der Waals surface area contributed by atoms with Crippen molar-refractivity contribution in [1.82, 2.24) is 5.32 Å². The summed E-state index contributed by atoms with van der Waals surface area (Å²) in [6.07, 6.45) is 0.823. The van der Waals surface area contributed by atoms with E-state index in [0.717, 1.165) is 17.4 Å². The Balaban J connectivity index is 2.46. The van der Waals surface area contributed by atoms with Gasteiger partial charge in [0, 0.05) is 11.9 Å². The van der Waals surface area contributed by atoms with Crippen molar-refractivity contribution in [1.29, 1.82) is 0 Å². The standard InChI is InChI=1S/C14H15NO3/c1-3-6-15-13(16)11-8-10-5-4-9(2)7-12(10)18-14(11)17/h4-5,7-8H,3,6H2,1-2H3,(H,15,16). The Bertz CT molecular complexity index is 643. The number of hydrogen-bond donors (Lipinski definition) is 1. The van der Waals surface area contributed by atoms with E-state index < -0.39 is 5.63 Å². The van der Waals surface area contributed by atoms with Gasteiger partial charge < -0.3 is 9.73 Å². The van der Waals surface area contributed by atoms with Crippen molar-refractivity contribution in [3.63, 3.8) is 0 Å². The van der Waals surface area contributed by atoms with Crippen LogP contribution < -0.4 is 10.9 Å². The SMILES string of the molecule is CCCNC(=O)c1cc2ccc(C)cc2oc1=O. The van der Waals surface area contributed by atoms with Crippen LogP contribution in [0.4, 0.5) is 0 Å². The molecule has 94 valence electrons. The summed E-state index contributed by atoms with van der Waals surface area (Å²) in [5, 5.41) is 3.42. The fourth-order valence-electron chi connectivity index (χ4n) is 1.71. The van der Waals surface area contributed by atoms with Crippen molar-refractivity contribution in [2.24, 2.45) is 0 Å². The quantitative estimate of drug-likeness (QED) is 0.844. The van der Waals surface area contributed by atoms with Gasteiger partial charge in [0.2, 0.25) is 0 Å². The highest BCUT2D eigenvalue weighted by atomic mass is 16.4. The van der Waals surface area contributed by atoms with Crippen LogP contribution in [0.1, 0.15) is 29.3 Å². The maximum atomic E-state index is 11.8. The topological polar surface area (TPSA) is 59.3 Å². The largest absolute Gasteiger partial charge is 0.422 e. The predicted molar refractivity (Wildman–Crippen MR) is 69.8 cm³/mol. The Labute approximate surface area is 105 Å². The lowest BCUT2D eigenvalue weighted by molar-refractivity contribution is 0.0950. The highest BCUT2D eigenvalue weighted by molar-refractivity contribution is 5.96.